The lowest BCUT2D eigenvalue weighted by atomic mass is 10.2. The van der Waals surface area contributed by atoms with Crippen LogP contribution in [-0.4, -0.2) is 42.5 Å². The largest absolute Gasteiger partial charge is 0.388 e. The molecular formula is C20H25BrO4. The van der Waals surface area contributed by atoms with Crippen LogP contribution in [0.4, 0.5) is 0 Å². The van der Waals surface area contributed by atoms with Crippen molar-refractivity contribution < 1.29 is 19.3 Å². The van der Waals surface area contributed by atoms with Gasteiger partial charge in [-0.25, -0.2) is 0 Å². The van der Waals surface area contributed by atoms with Crippen molar-refractivity contribution in [2.24, 2.45) is 0 Å². The Morgan fingerprint density at radius 2 is 1.32 bits per heavy atom. The molecule has 0 aliphatic rings. The summed E-state index contributed by atoms with van der Waals surface area (Å²) in [5.41, 5.74) is 2.17. The minimum absolute atomic E-state index is 0.205. The molecule has 5 heteroatoms. The van der Waals surface area contributed by atoms with Gasteiger partial charge in [-0.05, 0) is 11.1 Å². The number of rotatable bonds is 12. The first-order valence-corrected chi connectivity index (χ1v) is 9.50. The molecule has 0 aromatic heterocycles. The van der Waals surface area contributed by atoms with E-state index in [1.54, 1.807) is 0 Å². The number of aliphatic hydroxyl groups is 1. The Bertz CT molecular complexity index is 564. The molecule has 0 spiro atoms. The van der Waals surface area contributed by atoms with Crippen molar-refractivity contribution in [1.82, 2.24) is 0 Å². The lowest BCUT2D eigenvalue weighted by Gasteiger charge is -2.23. The van der Waals surface area contributed by atoms with Gasteiger partial charge in [0.05, 0.1) is 33.0 Å². The Balaban J connectivity index is 1.74. The van der Waals surface area contributed by atoms with Crippen LogP contribution >= 0.6 is 15.9 Å². The molecule has 2 aromatic carbocycles. The molecule has 0 aliphatic carbocycles. The molecule has 0 saturated heterocycles. The zero-order valence-corrected chi connectivity index (χ0v) is 15.8. The highest BCUT2D eigenvalue weighted by molar-refractivity contribution is 9.09. The Hall–Kier alpha value is -1.24. The summed E-state index contributed by atoms with van der Waals surface area (Å²) in [6.45, 7) is 1.99. The monoisotopic (exact) mass is 408 g/mol. The first-order valence-electron chi connectivity index (χ1n) is 8.38. The predicted octanol–water partition coefficient (Wildman–Crippen LogP) is 3.56. The average molecular weight is 409 g/mol. The van der Waals surface area contributed by atoms with E-state index in [0.29, 0.717) is 31.8 Å². The Morgan fingerprint density at radius 3 is 1.84 bits per heavy atom. The van der Waals surface area contributed by atoms with E-state index >= 15 is 0 Å². The lowest BCUT2D eigenvalue weighted by Crippen LogP contribution is -2.37. The van der Waals surface area contributed by atoms with Crippen LogP contribution in [0.1, 0.15) is 11.1 Å². The maximum Gasteiger partial charge on any atom is 0.109 e. The predicted molar refractivity (Wildman–Crippen MR) is 102 cm³/mol. The van der Waals surface area contributed by atoms with Gasteiger partial charge in [0.15, 0.2) is 0 Å². The summed E-state index contributed by atoms with van der Waals surface area (Å²) in [5, 5.41) is 11.1. The Labute approximate surface area is 157 Å². The molecule has 0 amide bonds. The van der Waals surface area contributed by atoms with Gasteiger partial charge in [-0.2, -0.15) is 0 Å². The molecule has 0 unspecified atom stereocenters. The third-order valence-electron chi connectivity index (χ3n) is 3.63. The van der Waals surface area contributed by atoms with Gasteiger partial charge < -0.3 is 19.3 Å². The summed E-state index contributed by atoms with van der Waals surface area (Å²) in [6, 6.07) is 19.8. The van der Waals surface area contributed by atoms with Crippen molar-refractivity contribution in [2.45, 2.75) is 25.4 Å². The Kier molecular flexibility index (Phi) is 9.77. The molecule has 2 rings (SSSR count). The average Bonchev–Trinajstić information content (AvgIpc) is 2.66. The molecule has 0 radical (unpaired) electrons. The van der Waals surface area contributed by atoms with Gasteiger partial charge in [-0.3, -0.25) is 0 Å². The fraction of sp³-hybridized carbons (Fsp3) is 0.400. The highest BCUT2D eigenvalue weighted by Crippen LogP contribution is 2.08. The van der Waals surface area contributed by atoms with Crippen molar-refractivity contribution in [3.8, 4) is 0 Å². The van der Waals surface area contributed by atoms with Crippen molar-refractivity contribution >= 4 is 15.9 Å². The van der Waals surface area contributed by atoms with Crippen LogP contribution in [0.25, 0.3) is 0 Å². The second-order valence-corrected chi connectivity index (χ2v) is 6.46. The normalized spacial score (nSPS) is 13.5. The quantitative estimate of drug-likeness (QED) is 0.545. The summed E-state index contributed by atoms with van der Waals surface area (Å²) in [7, 11) is 0. The molecule has 2 aromatic rings. The van der Waals surface area contributed by atoms with E-state index in [-0.39, 0.29) is 6.61 Å². The number of halogens is 1. The van der Waals surface area contributed by atoms with Gasteiger partial charge >= 0.3 is 0 Å². The van der Waals surface area contributed by atoms with Gasteiger partial charge in [0.2, 0.25) is 0 Å². The van der Waals surface area contributed by atoms with Crippen LogP contribution in [0.15, 0.2) is 60.7 Å². The number of hydrogen-bond acceptors (Lipinski definition) is 4. The first-order chi connectivity index (χ1) is 12.3. The molecule has 0 heterocycles. The number of aliphatic hydroxyl groups excluding tert-OH is 1. The molecule has 2 atom stereocenters. The van der Waals surface area contributed by atoms with E-state index in [9.17, 15) is 5.11 Å². The topological polar surface area (TPSA) is 47.9 Å². The van der Waals surface area contributed by atoms with Gasteiger partial charge in [0.1, 0.15) is 12.2 Å². The molecule has 4 nitrogen and oxygen atoms in total. The van der Waals surface area contributed by atoms with Crippen LogP contribution in [-0.2, 0) is 27.4 Å². The number of alkyl halides is 1. The fourth-order valence-electron chi connectivity index (χ4n) is 2.31. The minimum atomic E-state index is -0.737. The van der Waals surface area contributed by atoms with Crippen LogP contribution in [0.2, 0.25) is 0 Å². The SMILES string of the molecule is O[C@H](COCc1ccccc1)[C@H](COCc1ccccc1)OCCBr. The van der Waals surface area contributed by atoms with E-state index < -0.39 is 12.2 Å². The number of benzene rings is 2. The van der Waals surface area contributed by atoms with Crippen LogP contribution in [0, 0.1) is 0 Å². The van der Waals surface area contributed by atoms with Crippen molar-refractivity contribution in [2.75, 3.05) is 25.2 Å². The molecule has 0 fully saturated rings. The van der Waals surface area contributed by atoms with Crippen molar-refractivity contribution in [3.05, 3.63) is 71.8 Å². The van der Waals surface area contributed by atoms with E-state index in [2.05, 4.69) is 15.9 Å². The molecule has 0 saturated carbocycles. The lowest BCUT2D eigenvalue weighted by molar-refractivity contribution is -0.103. The summed E-state index contributed by atoms with van der Waals surface area (Å²) in [6.07, 6.45) is -1.16. The molecule has 136 valence electrons. The third kappa shape index (κ3) is 8.12. The van der Waals surface area contributed by atoms with Crippen LogP contribution in [0.3, 0.4) is 0 Å². The standard InChI is InChI=1S/C20H25BrO4/c21-11-12-25-20(16-24-14-18-9-5-2-6-10-18)19(22)15-23-13-17-7-3-1-4-8-17/h1-10,19-20,22H,11-16H2/t19-,20+/m1/s1. The number of hydrogen-bond donors (Lipinski definition) is 1. The maximum atomic E-state index is 10.4. The summed E-state index contributed by atoms with van der Waals surface area (Å²) < 4.78 is 17.0. The van der Waals surface area contributed by atoms with E-state index in [1.165, 1.54) is 0 Å². The van der Waals surface area contributed by atoms with E-state index in [1.807, 2.05) is 60.7 Å². The van der Waals surface area contributed by atoms with Crippen molar-refractivity contribution in [1.29, 1.82) is 0 Å². The van der Waals surface area contributed by atoms with Crippen LogP contribution < -0.4 is 0 Å². The minimum Gasteiger partial charge on any atom is -0.388 e. The van der Waals surface area contributed by atoms with Gasteiger partial charge in [0, 0.05) is 5.33 Å². The van der Waals surface area contributed by atoms with Gasteiger partial charge in [-0.1, -0.05) is 76.6 Å². The second-order valence-electron chi connectivity index (χ2n) is 5.67. The van der Waals surface area contributed by atoms with E-state index in [4.69, 9.17) is 14.2 Å². The van der Waals surface area contributed by atoms with E-state index in [0.717, 1.165) is 11.1 Å². The molecule has 25 heavy (non-hydrogen) atoms. The highest BCUT2D eigenvalue weighted by Gasteiger charge is 2.20. The molecular weight excluding hydrogens is 384 g/mol. The second kappa shape index (κ2) is 12.2. The number of ether oxygens (including phenoxy) is 3. The smallest absolute Gasteiger partial charge is 0.109 e. The zero-order chi connectivity index (χ0) is 17.7. The first kappa shape index (κ1) is 20.1. The molecule has 0 aliphatic heterocycles. The van der Waals surface area contributed by atoms with Gasteiger partial charge in [0.25, 0.3) is 0 Å². The van der Waals surface area contributed by atoms with Gasteiger partial charge in [-0.15, -0.1) is 0 Å². The van der Waals surface area contributed by atoms with Crippen molar-refractivity contribution in [3.63, 3.8) is 0 Å². The maximum absolute atomic E-state index is 10.4. The highest BCUT2D eigenvalue weighted by atomic mass is 79.9. The summed E-state index contributed by atoms with van der Waals surface area (Å²) in [4.78, 5) is 0. The van der Waals surface area contributed by atoms with Crippen LogP contribution in [0.5, 0.6) is 0 Å². The molecule has 0 bridgehead atoms. The Morgan fingerprint density at radius 1 is 0.800 bits per heavy atom. The summed E-state index contributed by atoms with van der Waals surface area (Å²) >= 11 is 3.34. The summed E-state index contributed by atoms with van der Waals surface area (Å²) in [5.74, 6) is 0. The fourth-order valence-corrected chi connectivity index (χ4v) is 2.50. The third-order valence-corrected chi connectivity index (χ3v) is 3.96. The zero-order valence-electron chi connectivity index (χ0n) is 14.2. The molecule has 1 N–H and O–H groups in total.